The minimum absolute atomic E-state index is 0.0926. The van der Waals surface area contributed by atoms with Gasteiger partial charge in [-0.25, -0.2) is 9.67 Å². The molecule has 0 N–H and O–H groups in total. The fraction of sp³-hybridized carbons (Fsp3) is 0.500. The molecular weight excluding hydrogens is 170 g/mol. The predicted molar refractivity (Wildman–Crippen MR) is 43.8 cm³/mol. The molecule has 68 valence electrons. The van der Waals surface area contributed by atoms with Gasteiger partial charge < -0.3 is 9.47 Å². The summed E-state index contributed by atoms with van der Waals surface area (Å²) < 4.78 is 12.8. The Morgan fingerprint density at radius 3 is 3.23 bits per heavy atom. The van der Waals surface area contributed by atoms with E-state index >= 15 is 0 Å². The second-order valence-corrected chi connectivity index (χ2v) is 3.11. The number of nitrogens with zero attached hydrogens (tertiary/aromatic N) is 3. The van der Waals surface area contributed by atoms with Crippen molar-refractivity contribution in [2.75, 3.05) is 13.2 Å². The van der Waals surface area contributed by atoms with E-state index in [1.807, 2.05) is 0 Å². The highest BCUT2D eigenvalue weighted by Crippen LogP contribution is 2.36. The van der Waals surface area contributed by atoms with E-state index < -0.39 is 0 Å². The van der Waals surface area contributed by atoms with Crippen LogP contribution < -0.4 is 0 Å². The average Bonchev–Trinajstić information content (AvgIpc) is 2.72. The number of aromatic nitrogens is 3. The Labute approximate surface area is 75.0 Å². The summed E-state index contributed by atoms with van der Waals surface area (Å²) in [6, 6.07) is 0. The summed E-state index contributed by atoms with van der Waals surface area (Å²) in [5, 5.41) is 4.07. The Balaban J connectivity index is 2.08. The van der Waals surface area contributed by atoms with Crippen LogP contribution in [0.25, 0.3) is 5.57 Å². The zero-order valence-corrected chi connectivity index (χ0v) is 7.01. The highest BCUT2D eigenvalue weighted by Gasteiger charge is 2.40. The minimum Gasteiger partial charge on any atom is -0.366 e. The first-order chi connectivity index (χ1) is 6.38. The Kier molecular flexibility index (Phi) is 1.33. The van der Waals surface area contributed by atoms with Gasteiger partial charge in [0.15, 0.2) is 12.1 Å². The third-order valence-electron chi connectivity index (χ3n) is 2.37. The van der Waals surface area contributed by atoms with Crippen LogP contribution in [-0.4, -0.2) is 34.1 Å². The van der Waals surface area contributed by atoms with Gasteiger partial charge in [0.2, 0.25) is 0 Å². The van der Waals surface area contributed by atoms with E-state index in [0.717, 1.165) is 11.4 Å². The highest BCUT2D eigenvalue weighted by molar-refractivity contribution is 5.64. The molecule has 3 rings (SSSR count). The smallest absolute Gasteiger partial charge is 0.182 e. The second kappa shape index (κ2) is 2.40. The molecule has 0 aliphatic carbocycles. The molecule has 3 heterocycles. The first-order valence-corrected chi connectivity index (χ1v) is 4.20. The summed E-state index contributed by atoms with van der Waals surface area (Å²) in [4.78, 5) is 4.09. The molecule has 0 spiro atoms. The maximum absolute atomic E-state index is 5.53. The van der Waals surface area contributed by atoms with Crippen molar-refractivity contribution in [2.45, 2.75) is 12.3 Å². The zero-order chi connectivity index (χ0) is 8.84. The molecule has 2 aliphatic heterocycles. The van der Waals surface area contributed by atoms with Gasteiger partial charge in [-0.2, -0.15) is 5.10 Å². The standard InChI is InChI=1S/C8H9N3O2/c1-5-6-8(13-3-2-12-6)11-7(5)9-4-10-11/h4,6,8H,1-3H2/t6-,8-/m1/s1. The fourth-order valence-electron chi connectivity index (χ4n) is 1.78. The number of rotatable bonds is 0. The summed E-state index contributed by atoms with van der Waals surface area (Å²) in [7, 11) is 0. The van der Waals surface area contributed by atoms with Crippen molar-refractivity contribution < 1.29 is 9.47 Å². The van der Waals surface area contributed by atoms with E-state index in [-0.39, 0.29) is 12.3 Å². The molecule has 0 aromatic carbocycles. The van der Waals surface area contributed by atoms with E-state index in [9.17, 15) is 0 Å². The maximum atomic E-state index is 5.53. The van der Waals surface area contributed by atoms with Crippen LogP contribution in [0, 0.1) is 0 Å². The largest absolute Gasteiger partial charge is 0.366 e. The number of hydrogen-bond donors (Lipinski definition) is 0. The zero-order valence-electron chi connectivity index (χ0n) is 7.01. The summed E-state index contributed by atoms with van der Waals surface area (Å²) in [6.45, 7) is 5.14. The quantitative estimate of drug-likeness (QED) is 0.571. The number of fused-ring (bicyclic) bond motifs is 3. The molecule has 0 radical (unpaired) electrons. The molecule has 5 nitrogen and oxygen atoms in total. The van der Waals surface area contributed by atoms with Gasteiger partial charge in [-0.1, -0.05) is 6.58 Å². The van der Waals surface area contributed by atoms with Gasteiger partial charge in [-0.3, -0.25) is 0 Å². The summed E-state index contributed by atoms with van der Waals surface area (Å²) in [6.07, 6.45) is 1.26. The minimum atomic E-state index is -0.154. The third kappa shape index (κ3) is 0.827. The molecule has 5 heteroatoms. The van der Waals surface area contributed by atoms with E-state index in [1.54, 1.807) is 4.68 Å². The van der Waals surface area contributed by atoms with E-state index in [2.05, 4.69) is 16.7 Å². The van der Waals surface area contributed by atoms with Crippen LogP contribution in [0.2, 0.25) is 0 Å². The van der Waals surface area contributed by atoms with Gasteiger partial charge in [0.25, 0.3) is 0 Å². The van der Waals surface area contributed by atoms with Gasteiger partial charge >= 0.3 is 0 Å². The maximum Gasteiger partial charge on any atom is 0.182 e. The van der Waals surface area contributed by atoms with Crippen LogP contribution in [0.5, 0.6) is 0 Å². The molecule has 0 amide bonds. The topological polar surface area (TPSA) is 49.2 Å². The molecule has 13 heavy (non-hydrogen) atoms. The van der Waals surface area contributed by atoms with Crippen LogP contribution in [0.1, 0.15) is 12.1 Å². The van der Waals surface area contributed by atoms with Crippen molar-refractivity contribution in [1.29, 1.82) is 0 Å². The van der Waals surface area contributed by atoms with E-state index in [0.29, 0.717) is 13.2 Å². The van der Waals surface area contributed by atoms with Crippen LogP contribution in [0.15, 0.2) is 12.9 Å². The van der Waals surface area contributed by atoms with Crippen LogP contribution in [0.4, 0.5) is 0 Å². The fourth-order valence-corrected chi connectivity index (χ4v) is 1.78. The third-order valence-corrected chi connectivity index (χ3v) is 2.37. The lowest BCUT2D eigenvalue weighted by Gasteiger charge is -2.26. The van der Waals surface area contributed by atoms with E-state index in [4.69, 9.17) is 9.47 Å². The molecule has 2 aliphatic rings. The normalized spacial score (nSPS) is 31.5. The summed E-state index contributed by atoms with van der Waals surface area (Å²) >= 11 is 0. The summed E-state index contributed by atoms with van der Waals surface area (Å²) in [5.74, 6) is 0.775. The molecule has 1 aromatic rings. The lowest BCUT2D eigenvalue weighted by Crippen LogP contribution is -2.31. The molecule has 0 bridgehead atoms. The number of hydrogen-bond acceptors (Lipinski definition) is 4. The Bertz CT molecular complexity index is 360. The van der Waals surface area contributed by atoms with Gasteiger partial charge in [-0.05, 0) is 0 Å². The van der Waals surface area contributed by atoms with Crippen molar-refractivity contribution in [3.63, 3.8) is 0 Å². The second-order valence-electron chi connectivity index (χ2n) is 3.11. The highest BCUT2D eigenvalue weighted by atomic mass is 16.6. The van der Waals surface area contributed by atoms with Crippen LogP contribution in [-0.2, 0) is 9.47 Å². The average molecular weight is 179 g/mol. The molecule has 0 unspecified atom stereocenters. The molecule has 0 saturated carbocycles. The lowest BCUT2D eigenvalue weighted by atomic mass is 10.2. The molecule has 1 aromatic heterocycles. The van der Waals surface area contributed by atoms with Crippen LogP contribution >= 0.6 is 0 Å². The van der Waals surface area contributed by atoms with Crippen LogP contribution in [0.3, 0.4) is 0 Å². The van der Waals surface area contributed by atoms with Crippen molar-refractivity contribution in [3.05, 3.63) is 18.7 Å². The van der Waals surface area contributed by atoms with Gasteiger partial charge in [0.1, 0.15) is 12.4 Å². The Morgan fingerprint density at radius 2 is 2.31 bits per heavy atom. The van der Waals surface area contributed by atoms with Crippen molar-refractivity contribution in [3.8, 4) is 0 Å². The lowest BCUT2D eigenvalue weighted by molar-refractivity contribution is -0.146. The van der Waals surface area contributed by atoms with Crippen molar-refractivity contribution in [1.82, 2.24) is 14.8 Å². The molecule has 2 atom stereocenters. The predicted octanol–water partition coefficient (Wildman–Crippen LogP) is 0.219. The van der Waals surface area contributed by atoms with Gasteiger partial charge in [0, 0.05) is 5.57 Å². The molecule has 1 fully saturated rings. The number of ether oxygens (including phenoxy) is 2. The monoisotopic (exact) mass is 179 g/mol. The first-order valence-electron chi connectivity index (χ1n) is 4.20. The SMILES string of the molecule is C=C1c2ncnn2[C@@H]2OCCO[C@H]12. The van der Waals surface area contributed by atoms with E-state index in [1.165, 1.54) is 6.33 Å². The summed E-state index contributed by atoms with van der Waals surface area (Å²) in [5.41, 5.74) is 0.863. The van der Waals surface area contributed by atoms with Crippen molar-refractivity contribution in [2.24, 2.45) is 0 Å². The Morgan fingerprint density at radius 1 is 1.46 bits per heavy atom. The molecule has 1 saturated heterocycles. The Hall–Kier alpha value is -1.20. The first kappa shape index (κ1) is 7.23. The van der Waals surface area contributed by atoms with Gasteiger partial charge in [-0.15, -0.1) is 0 Å². The molecular formula is C8H9N3O2. The van der Waals surface area contributed by atoms with Crippen molar-refractivity contribution >= 4 is 5.57 Å². The van der Waals surface area contributed by atoms with Gasteiger partial charge in [0.05, 0.1) is 13.2 Å².